The van der Waals surface area contributed by atoms with Crippen molar-refractivity contribution in [3.8, 4) is 0 Å². The molecular formula is C10H15N3. The van der Waals surface area contributed by atoms with Crippen LogP contribution in [0.1, 0.15) is 37.4 Å². The van der Waals surface area contributed by atoms with Crippen molar-refractivity contribution in [2.24, 2.45) is 11.7 Å². The Kier molecular flexibility index (Phi) is 2.54. The van der Waals surface area contributed by atoms with E-state index in [1.54, 1.807) is 12.5 Å². The van der Waals surface area contributed by atoms with Gasteiger partial charge < -0.3 is 5.73 Å². The zero-order chi connectivity index (χ0) is 9.10. The van der Waals surface area contributed by atoms with Gasteiger partial charge in [0, 0.05) is 12.2 Å². The minimum atomic E-state index is 0.101. The summed E-state index contributed by atoms with van der Waals surface area (Å²) in [4.78, 5) is 8.01. The Bertz CT molecular complexity index is 256. The molecule has 0 bridgehead atoms. The normalized spacial score (nSPS) is 18.5. The molecule has 3 heteroatoms. The lowest BCUT2D eigenvalue weighted by atomic mass is 10.1. The SMILES string of the molecule is NC(CCC1CC1)c1ccncn1. The highest BCUT2D eigenvalue weighted by Gasteiger charge is 2.22. The van der Waals surface area contributed by atoms with Crippen LogP contribution in [0.2, 0.25) is 0 Å². The molecule has 70 valence electrons. The summed E-state index contributed by atoms with van der Waals surface area (Å²) in [7, 11) is 0. The van der Waals surface area contributed by atoms with Crippen LogP contribution >= 0.6 is 0 Å². The molecule has 3 nitrogen and oxygen atoms in total. The predicted molar refractivity (Wildman–Crippen MR) is 50.9 cm³/mol. The second kappa shape index (κ2) is 3.83. The van der Waals surface area contributed by atoms with E-state index in [4.69, 9.17) is 5.73 Å². The maximum atomic E-state index is 5.98. The zero-order valence-electron chi connectivity index (χ0n) is 7.69. The van der Waals surface area contributed by atoms with E-state index in [9.17, 15) is 0 Å². The molecule has 1 aliphatic carbocycles. The Morgan fingerprint density at radius 2 is 2.38 bits per heavy atom. The third-order valence-corrected chi connectivity index (χ3v) is 2.57. The van der Waals surface area contributed by atoms with Gasteiger partial charge in [0.1, 0.15) is 6.33 Å². The molecule has 0 amide bonds. The van der Waals surface area contributed by atoms with Crippen LogP contribution < -0.4 is 5.73 Å². The smallest absolute Gasteiger partial charge is 0.115 e. The van der Waals surface area contributed by atoms with Crippen LogP contribution in [0, 0.1) is 5.92 Å². The van der Waals surface area contributed by atoms with Gasteiger partial charge in [-0.25, -0.2) is 9.97 Å². The first-order valence-corrected chi connectivity index (χ1v) is 4.88. The molecule has 1 saturated carbocycles. The van der Waals surface area contributed by atoms with Crippen molar-refractivity contribution in [2.75, 3.05) is 0 Å². The van der Waals surface area contributed by atoms with Crippen LogP contribution in [0.15, 0.2) is 18.6 Å². The molecule has 1 aromatic heterocycles. The summed E-state index contributed by atoms with van der Waals surface area (Å²) in [5.41, 5.74) is 6.95. The lowest BCUT2D eigenvalue weighted by Crippen LogP contribution is -2.12. The van der Waals surface area contributed by atoms with E-state index in [1.165, 1.54) is 19.3 Å². The first-order valence-electron chi connectivity index (χ1n) is 4.88. The van der Waals surface area contributed by atoms with Gasteiger partial charge in [-0.1, -0.05) is 12.8 Å². The monoisotopic (exact) mass is 177 g/mol. The molecule has 1 aliphatic rings. The van der Waals surface area contributed by atoms with Crippen molar-refractivity contribution in [3.05, 3.63) is 24.3 Å². The van der Waals surface area contributed by atoms with Crippen molar-refractivity contribution in [2.45, 2.75) is 31.7 Å². The number of nitrogens with two attached hydrogens (primary N) is 1. The first kappa shape index (κ1) is 8.63. The van der Waals surface area contributed by atoms with Gasteiger partial charge in [-0.15, -0.1) is 0 Å². The third-order valence-electron chi connectivity index (χ3n) is 2.57. The van der Waals surface area contributed by atoms with E-state index in [0.29, 0.717) is 0 Å². The summed E-state index contributed by atoms with van der Waals surface area (Å²) in [5, 5.41) is 0. The van der Waals surface area contributed by atoms with Crippen molar-refractivity contribution in [1.29, 1.82) is 0 Å². The predicted octanol–water partition coefficient (Wildman–Crippen LogP) is 1.67. The van der Waals surface area contributed by atoms with E-state index in [1.807, 2.05) is 6.07 Å². The van der Waals surface area contributed by atoms with Crippen LogP contribution in [0.5, 0.6) is 0 Å². The molecule has 1 atom stereocenters. The largest absolute Gasteiger partial charge is 0.323 e. The van der Waals surface area contributed by atoms with Crippen molar-refractivity contribution in [3.63, 3.8) is 0 Å². The van der Waals surface area contributed by atoms with Crippen molar-refractivity contribution in [1.82, 2.24) is 9.97 Å². The number of rotatable bonds is 4. The van der Waals surface area contributed by atoms with Gasteiger partial charge in [-0.3, -0.25) is 0 Å². The standard InChI is InChI=1S/C10H15N3/c11-9(4-3-8-1-2-8)10-5-6-12-7-13-10/h5-9H,1-4,11H2. The third kappa shape index (κ3) is 2.49. The first-order chi connectivity index (χ1) is 6.36. The molecule has 0 spiro atoms. The lowest BCUT2D eigenvalue weighted by molar-refractivity contribution is 0.564. The summed E-state index contributed by atoms with van der Waals surface area (Å²) < 4.78 is 0. The molecule has 1 aromatic rings. The van der Waals surface area contributed by atoms with Crippen LogP contribution in [-0.2, 0) is 0 Å². The maximum Gasteiger partial charge on any atom is 0.115 e. The average Bonchev–Trinajstić information content (AvgIpc) is 2.99. The minimum Gasteiger partial charge on any atom is -0.323 e. The van der Waals surface area contributed by atoms with Crippen molar-refractivity contribution < 1.29 is 0 Å². The zero-order valence-corrected chi connectivity index (χ0v) is 7.69. The number of hydrogen-bond donors (Lipinski definition) is 1. The van der Waals surface area contributed by atoms with Gasteiger partial charge in [0.25, 0.3) is 0 Å². The minimum absolute atomic E-state index is 0.101. The summed E-state index contributed by atoms with van der Waals surface area (Å²) in [5.74, 6) is 0.952. The van der Waals surface area contributed by atoms with Crippen molar-refractivity contribution >= 4 is 0 Å². The Hall–Kier alpha value is -0.960. The summed E-state index contributed by atoms with van der Waals surface area (Å²) >= 11 is 0. The Labute approximate surface area is 78.4 Å². The number of hydrogen-bond acceptors (Lipinski definition) is 3. The topological polar surface area (TPSA) is 51.8 Å². The molecular weight excluding hydrogens is 162 g/mol. The molecule has 1 heterocycles. The van der Waals surface area contributed by atoms with Gasteiger partial charge in [0.15, 0.2) is 0 Å². The molecule has 13 heavy (non-hydrogen) atoms. The van der Waals surface area contributed by atoms with Gasteiger partial charge in [0.05, 0.1) is 5.69 Å². The number of aromatic nitrogens is 2. The molecule has 2 N–H and O–H groups in total. The van der Waals surface area contributed by atoms with Gasteiger partial charge in [0.2, 0.25) is 0 Å². The lowest BCUT2D eigenvalue weighted by Gasteiger charge is -2.09. The Balaban J connectivity index is 1.85. The van der Waals surface area contributed by atoms with E-state index in [0.717, 1.165) is 18.0 Å². The van der Waals surface area contributed by atoms with Crippen LogP contribution in [0.4, 0.5) is 0 Å². The second-order valence-corrected chi connectivity index (χ2v) is 3.76. The molecule has 0 saturated heterocycles. The van der Waals surface area contributed by atoms with E-state index < -0.39 is 0 Å². The average molecular weight is 177 g/mol. The fourth-order valence-electron chi connectivity index (χ4n) is 1.49. The molecule has 1 unspecified atom stereocenters. The fraction of sp³-hybridized carbons (Fsp3) is 0.600. The van der Waals surface area contributed by atoms with Gasteiger partial charge in [-0.05, 0) is 24.8 Å². The highest BCUT2D eigenvalue weighted by molar-refractivity contribution is 5.03. The van der Waals surface area contributed by atoms with Crippen LogP contribution in [0.3, 0.4) is 0 Å². The second-order valence-electron chi connectivity index (χ2n) is 3.76. The fourth-order valence-corrected chi connectivity index (χ4v) is 1.49. The van der Waals surface area contributed by atoms with E-state index in [2.05, 4.69) is 9.97 Å². The quantitative estimate of drug-likeness (QED) is 0.761. The molecule has 2 rings (SSSR count). The number of nitrogens with zero attached hydrogens (tertiary/aromatic N) is 2. The summed E-state index contributed by atoms with van der Waals surface area (Å²) in [6.07, 6.45) is 8.42. The van der Waals surface area contributed by atoms with E-state index >= 15 is 0 Å². The molecule has 0 aromatic carbocycles. The highest BCUT2D eigenvalue weighted by Crippen LogP contribution is 2.35. The summed E-state index contributed by atoms with van der Waals surface area (Å²) in [6.45, 7) is 0. The maximum absolute atomic E-state index is 5.98. The van der Waals surface area contributed by atoms with Gasteiger partial charge in [-0.2, -0.15) is 0 Å². The van der Waals surface area contributed by atoms with Crippen LogP contribution in [-0.4, -0.2) is 9.97 Å². The molecule has 0 radical (unpaired) electrons. The van der Waals surface area contributed by atoms with Crippen LogP contribution in [0.25, 0.3) is 0 Å². The van der Waals surface area contributed by atoms with Gasteiger partial charge >= 0.3 is 0 Å². The summed E-state index contributed by atoms with van der Waals surface area (Å²) in [6, 6.07) is 2.00. The Morgan fingerprint density at radius 3 is 3.00 bits per heavy atom. The molecule has 1 fully saturated rings. The Morgan fingerprint density at radius 1 is 1.54 bits per heavy atom. The molecule has 0 aliphatic heterocycles. The highest BCUT2D eigenvalue weighted by atomic mass is 14.8. The van der Waals surface area contributed by atoms with E-state index in [-0.39, 0.29) is 6.04 Å².